The number of hydrogen-bond acceptors (Lipinski definition) is 4. The van der Waals surface area contributed by atoms with Crippen LogP contribution in [0.15, 0.2) is 149 Å². The average molecular weight is 824 g/mol. The van der Waals surface area contributed by atoms with Crippen molar-refractivity contribution in [2.24, 2.45) is 0 Å². The minimum Gasteiger partial charge on any atom is -0.501 e. The van der Waals surface area contributed by atoms with Gasteiger partial charge in [0.25, 0.3) is 0 Å². The van der Waals surface area contributed by atoms with Crippen molar-refractivity contribution in [1.82, 2.24) is 9.97 Å². The zero-order chi connectivity index (χ0) is 33.8. The van der Waals surface area contributed by atoms with Gasteiger partial charge in [0.2, 0.25) is 0 Å². The van der Waals surface area contributed by atoms with Gasteiger partial charge in [0.1, 0.15) is 16.7 Å². The molecule has 243 valence electrons. The Morgan fingerprint density at radius 1 is 0.580 bits per heavy atom. The predicted octanol–water partition coefficient (Wildman–Crippen LogP) is 12.3. The van der Waals surface area contributed by atoms with Gasteiger partial charge in [-0.25, -0.2) is 0 Å². The van der Waals surface area contributed by atoms with Crippen LogP contribution in [0.4, 0.5) is 0 Å². The van der Waals surface area contributed by atoms with E-state index in [1.54, 1.807) is 12.4 Å². The van der Waals surface area contributed by atoms with E-state index in [1.807, 2.05) is 80.6 Å². The summed E-state index contributed by atoms with van der Waals surface area (Å²) >= 11 is 0. The van der Waals surface area contributed by atoms with E-state index in [0.717, 1.165) is 72.0 Å². The summed E-state index contributed by atoms with van der Waals surface area (Å²) in [6, 6.07) is 49.4. The van der Waals surface area contributed by atoms with Gasteiger partial charge in [-0.3, -0.25) is 0 Å². The molecule has 50 heavy (non-hydrogen) atoms. The first kappa shape index (κ1) is 30.4. The molecule has 0 fully saturated rings. The molecule has 0 unspecified atom stereocenters. The van der Waals surface area contributed by atoms with Gasteiger partial charge in [-0.05, 0) is 53.0 Å². The van der Waals surface area contributed by atoms with E-state index in [9.17, 15) is 0 Å². The molecule has 0 aliphatic carbocycles. The fraction of sp³-hybridized carbons (Fsp3) is 0.0667. The van der Waals surface area contributed by atoms with Gasteiger partial charge in [0, 0.05) is 50.0 Å². The topological polar surface area (TPSA) is 52.1 Å². The Bertz CT molecular complexity index is 2870. The third-order valence-corrected chi connectivity index (χ3v) is 9.14. The first-order valence-corrected chi connectivity index (χ1v) is 16.3. The average Bonchev–Trinajstić information content (AvgIpc) is 3.71. The summed E-state index contributed by atoms with van der Waals surface area (Å²) in [6.07, 6.45) is 3.56. The van der Waals surface area contributed by atoms with Crippen LogP contribution in [0.5, 0.6) is 0 Å². The third kappa shape index (κ3) is 5.55. The summed E-state index contributed by atoms with van der Waals surface area (Å²) in [4.78, 5) is 8.92. The molecule has 0 saturated carbocycles. The van der Waals surface area contributed by atoms with Crippen molar-refractivity contribution in [1.29, 1.82) is 0 Å². The number of para-hydroxylation sites is 1. The number of aromatic nitrogens is 2. The molecule has 10 aromatic rings. The Hall–Kier alpha value is -5.61. The summed E-state index contributed by atoms with van der Waals surface area (Å²) in [6.45, 7) is 3.78. The molecular formula is C45H30IrN2O2-2. The molecule has 0 aliphatic rings. The molecule has 0 amide bonds. The van der Waals surface area contributed by atoms with E-state index in [2.05, 4.69) is 82.8 Å². The molecular weight excluding hydrogens is 793 g/mol. The van der Waals surface area contributed by atoms with Crippen LogP contribution in [0.1, 0.15) is 26.7 Å². The van der Waals surface area contributed by atoms with Crippen LogP contribution in [-0.2, 0) is 20.1 Å². The fourth-order valence-electron chi connectivity index (χ4n) is 6.64. The van der Waals surface area contributed by atoms with Gasteiger partial charge in [0.05, 0.1) is 5.58 Å². The molecule has 1 radical (unpaired) electrons. The maximum atomic E-state index is 8.22. The summed E-state index contributed by atoms with van der Waals surface area (Å²) < 4.78 is 20.5. The van der Waals surface area contributed by atoms with Crippen LogP contribution in [0.25, 0.3) is 87.9 Å². The molecule has 0 atom stereocenters. The quantitative estimate of drug-likeness (QED) is 0.132. The van der Waals surface area contributed by atoms with E-state index in [4.69, 9.17) is 10.2 Å². The van der Waals surface area contributed by atoms with Crippen molar-refractivity contribution in [2.45, 2.75) is 19.7 Å². The largest absolute Gasteiger partial charge is 0.501 e. The number of hydrogen-bond donors (Lipinski definition) is 0. The second-order valence-electron chi connectivity index (χ2n) is 12.4. The number of fused-ring (bicyclic) bond motifs is 9. The Morgan fingerprint density at radius 3 is 2.16 bits per heavy atom. The van der Waals surface area contributed by atoms with E-state index in [0.29, 0.717) is 0 Å². The number of pyridine rings is 2. The van der Waals surface area contributed by atoms with Crippen molar-refractivity contribution < 1.29 is 30.3 Å². The Kier molecular flexibility index (Phi) is 7.93. The van der Waals surface area contributed by atoms with Crippen molar-refractivity contribution in [3.8, 4) is 22.5 Å². The number of nitrogens with zero attached hydrogens (tertiary/aromatic N) is 2. The smallest absolute Gasteiger partial charge is 0.136 e. The van der Waals surface area contributed by atoms with Crippen molar-refractivity contribution >= 4 is 65.4 Å². The number of benzene rings is 6. The first-order chi connectivity index (χ1) is 24.4. The molecule has 0 bridgehead atoms. The van der Waals surface area contributed by atoms with Crippen LogP contribution in [-0.4, -0.2) is 9.97 Å². The standard InChI is InChI=1S/C23H12NO2.C22H18N.Ir/c1-2-10-20-14(6-1)17-12-22-18(13-21(17)25-20)15-7-5-8-16(23(15)26-22)19-9-3-4-11-24-19;1-15(2)17-11-12-23-22(14-17)19-9-10-21-18(13-19)8-7-16-5-3-4-6-20(16)21;/h1-7,9-13H;3-8,10-15H,1-2H3;/q2*-1;/i;15D;. The van der Waals surface area contributed by atoms with E-state index in [-0.39, 0.29) is 20.1 Å². The maximum Gasteiger partial charge on any atom is 0.136 e. The zero-order valence-electron chi connectivity index (χ0n) is 28.3. The van der Waals surface area contributed by atoms with Crippen molar-refractivity contribution in [3.05, 3.63) is 157 Å². The van der Waals surface area contributed by atoms with Crippen LogP contribution in [0, 0.1) is 12.1 Å². The van der Waals surface area contributed by atoms with Gasteiger partial charge in [0.15, 0.2) is 0 Å². The molecule has 0 saturated heterocycles. The van der Waals surface area contributed by atoms with Crippen LogP contribution >= 0.6 is 0 Å². The first-order valence-electron chi connectivity index (χ1n) is 16.8. The minimum absolute atomic E-state index is 0. The maximum absolute atomic E-state index is 8.22. The third-order valence-electron chi connectivity index (χ3n) is 9.14. The van der Waals surface area contributed by atoms with E-state index >= 15 is 0 Å². The van der Waals surface area contributed by atoms with Crippen LogP contribution < -0.4 is 0 Å². The summed E-state index contributed by atoms with van der Waals surface area (Å²) in [5.41, 5.74) is 7.92. The molecule has 5 heteroatoms. The van der Waals surface area contributed by atoms with Crippen molar-refractivity contribution in [3.63, 3.8) is 0 Å². The molecule has 0 aliphatic heterocycles. The number of furan rings is 2. The van der Waals surface area contributed by atoms with E-state index < -0.39 is 5.89 Å². The summed E-state index contributed by atoms with van der Waals surface area (Å²) in [5, 5.41) is 9.11. The second kappa shape index (κ2) is 13.0. The summed E-state index contributed by atoms with van der Waals surface area (Å²) in [7, 11) is 0. The molecule has 0 N–H and O–H groups in total. The second-order valence-corrected chi connectivity index (χ2v) is 12.4. The molecule has 4 aromatic heterocycles. The SMILES string of the molecule is [2H]C(C)(C)c1ccnc(-c2[c-]cc3c(ccc4ccccc43)c2)c1.[Ir].[c-]1ccc2c(oc3cc4c(cc32)oc2ccccc24)c1-c1ccccn1. The minimum atomic E-state index is -0.634. The van der Waals surface area contributed by atoms with Crippen molar-refractivity contribution in [2.75, 3.05) is 0 Å². The predicted molar refractivity (Wildman–Crippen MR) is 201 cm³/mol. The molecule has 4 nitrogen and oxygen atoms in total. The van der Waals surface area contributed by atoms with Gasteiger partial charge >= 0.3 is 0 Å². The Morgan fingerprint density at radius 2 is 1.32 bits per heavy atom. The molecule has 10 rings (SSSR count). The van der Waals surface area contributed by atoms with Gasteiger partial charge in [-0.2, -0.15) is 0 Å². The van der Waals surface area contributed by atoms with Crippen LogP contribution in [0.3, 0.4) is 0 Å². The summed E-state index contributed by atoms with van der Waals surface area (Å²) in [5.74, 6) is -0.634. The molecule has 6 aromatic carbocycles. The van der Waals surface area contributed by atoms with Crippen LogP contribution in [0.2, 0.25) is 0 Å². The zero-order valence-corrected chi connectivity index (χ0v) is 29.7. The molecule has 4 heterocycles. The van der Waals surface area contributed by atoms with Gasteiger partial charge in [-0.15, -0.1) is 47.3 Å². The molecule has 0 spiro atoms. The van der Waals surface area contributed by atoms with Gasteiger partial charge in [-0.1, -0.05) is 114 Å². The van der Waals surface area contributed by atoms with E-state index in [1.165, 1.54) is 21.5 Å². The van der Waals surface area contributed by atoms with Gasteiger partial charge < -0.3 is 18.8 Å². The number of rotatable bonds is 3. The Labute approximate surface area is 304 Å². The monoisotopic (exact) mass is 824 g/mol. The fourth-order valence-corrected chi connectivity index (χ4v) is 6.64. The normalized spacial score (nSPS) is 11.9. The Balaban J connectivity index is 0.000000144.